The molecule has 0 aliphatic rings. The highest BCUT2D eigenvalue weighted by molar-refractivity contribution is 5.89. The molecule has 3 aromatic rings. The molecule has 1 heterocycles. The molecule has 1 amide bonds. The van der Waals surface area contributed by atoms with Crippen molar-refractivity contribution in [2.24, 2.45) is 0 Å². The number of carbonyl (C=O) groups is 1. The van der Waals surface area contributed by atoms with E-state index in [0.717, 1.165) is 27.6 Å². The summed E-state index contributed by atoms with van der Waals surface area (Å²) in [6, 6.07) is 13.8. The Labute approximate surface area is 141 Å². The minimum Gasteiger partial charge on any atom is -0.387 e. The Morgan fingerprint density at radius 2 is 2.00 bits per heavy atom. The Balaban J connectivity index is 1.62. The van der Waals surface area contributed by atoms with Gasteiger partial charge in [-0.25, -0.2) is 0 Å². The molecule has 4 heteroatoms. The minimum absolute atomic E-state index is 0.0934. The van der Waals surface area contributed by atoms with Crippen molar-refractivity contribution in [3.05, 3.63) is 70.9 Å². The number of aliphatic hydroxyl groups excluding tert-OH is 1. The van der Waals surface area contributed by atoms with Gasteiger partial charge in [-0.3, -0.25) is 4.79 Å². The smallest absolute Gasteiger partial charge is 0.224 e. The fourth-order valence-corrected chi connectivity index (χ4v) is 2.96. The van der Waals surface area contributed by atoms with Crippen LogP contribution in [0.25, 0.3) is 10.9 Å². The van der Waals surface area contributed by atoms with Crippen LogP contribution in [0.5, 0.6) is 0 Å². The number of hydrogen-bond acceptors (Lipinski definition) is 2. The van der Waals surface area contributed by atoms with Crippen LogP contribution in [0.2, 0.25) is 0 Å². The summed E-state index contributed by atoms with van der Waals surface area (Å²) < 4.78 is 0. The molecule has 1 aromatic heterocycles. The molecule has 0 fully saturated rings. The molecule has 0 bridgehead atoms. The third-order valence-electron chi connectivity index (χ3n) is 4.31. The maximum Gasteiger partial charge on any atom is 0.224 e. The van der Waals surface area contributed by atoms with E-state index in [4.69, 9.17) is 0 Å². The summed E-state index contributed by atoms with van der Waals surface area (Å²) in [7, 11) is 0. The van der Waals surface area contributed by atoms with Crippen LogP contribution in [0.15, 0.2) is 48.7 Å². The third kappa shape index (κ3) is 3.49. The maximum atomic E-state index is 12.2. The van der Waals surface area contributed by atoms with E-state index in [9.17, 15) is 9.90 Å². The van der Waals surface area contributed by atoms with Crippen LogP contribution < -0.4 is 5.32 Å². The molecule has 0 saturated heterocycles. The third-order valence-corrected chi connectivity index (χ3v) is 4.31. The Bertz CT molecular complexity index is 867. The van der Waals surface area contributed by atoms with E-state index >= 15 is 0 Å². The zero-order chi connectivity index (χ0) is 17.1. The van der Waals surface area contributed by atoms with E-state index in [2.05, 4.69) is 16.4 Å². The topological polar surface area (TPSA) is 65.1 Å². The number of aryl methyl sites for hydroxylation is 2. The molecule has 4 nitrogen and oxygen atoms in total. The molecule has 1 atom stereocenters. The highest BCUT2D eigenvalue weighted by Gasteiger charge is 2.13. The van der Waals surface area contributed by atoms with E-state index in [1.165, 1.54) is 5.56 Å². The van der Waals surface area contributed by atoms with Gasteiger partial charge in [0, 0.05) is 23.6 Å². The summed E-state index contributed by atoms with van der Waals surface area (Å²) in [5.74, 6) is -0.0934. The number of H-pyrrole nitrogens is 1. The zero-order valence-corrected chi connectivity index (χ0v) is 14.0. The van der Waals surface area contributed by atoms with Gasteiger partial charge in [-0.15, -0.1) is 0 Å². The molecular weight excluding hydrogens is 300 g/mol. The van der Waals surface area contributed by atoms with Crippen molar-refractivity contribution in [3.8, 4) is 0 Å². The summed E-state index contributed by atoms with van der Waals surface area (Å²) in [5, 5.41) is 14.1. The second-order valence-corrected chi connectivity index (χ2v) is 6.22. The fraction of sp³-hybridized carbons (Fsp3) is 0.250. The van der Waals surface area contributed by atoms with E-state index in [1.54, 1.807) is 0 Å². The predicted molar refractivity (Wildman–Crippen MR) is 95.9 cm³/mol. The maximum absolute atomic E-state index is 12.2. The first kappa shape index (κ1) is 16.3. The average molecular weight is 322 g/mol. The van der Waals surface area contributed by atoms with Gasteiger partial charge in [-0.2, -0.15) is 0 Å². The van der Waals surface area contributed by atoms with E-state index in [0.29, 0.717) is 6.42 Å². The number of amides is 1. The molecule has 3 N–H and O–H groups in total. The van der Waals surface area contributed by atoms with Crippen molar-refractivity contribution in [1.29, 1.82) is 0 Å². The van der Waals surface area contributed by atoms with E-state index < -0.39 is 6.10 Å². The predicted octanol–water partition coefficient (Wildman–Crippen LogP) is 3.18. The molecule has 0 spiro atoms. The van der Waals surface area contributed by atoms with E-state index in [-0.39, 0.29) is 12.5 Å². The lowest BCUT2D eigenvalue weighted by atomic mass is 10.0. The first-order valence-electron chi connectivity index (χ1n) is 8.11. The number of rotatable bonds is 5. The number of aromatic amines is 1. The minimum atomic E-state index is -0.694. The van der Waals surface area contributed by atoms with Crippen molar-refractivity contribution >= 4 is 16.8 Å². The number of hydrogen-bond donors (Lipinski definition) is 3. The van der Waals surface area contributed by atoms with Gasteiger partial charge in [0.1, 0.15) is 0 Å². The van der Waals surface area contributed by atoms with Crippen LogP contribution in [-0.2, 0) is 11.2 Å². The summed E-state index contributed by atoms with van der Waals surface area (Å²) in [6.45, 7) is 4.21. The van der Waals surface area contributed by atoms with Gasteiger partial charge in [0.15, 0.2) is 0 Å². The molecule has 2 aromatic carbocycles. The van der Waals surface area contributed by atoms with Crippen LogP contribution in [0, 0.1) is 13.8 Å². The monoisotopic (exact) mass is 322 g/mol. The Kier molecular flexibility index (Phi) is 4.67. The average Bonchev–Trinajstić information content (AvgIpc) is 2.95. The lowest BCUT2D eigenvalue weighted by molar-refractivity contribution is -0.120. The van der Waals surface area contributed by atoms with Gasteiger partial charge in [-0.1, -0.05) is 36.4 Å². The molecule has 1 unspecified atom stereocenters. The Morgan fingerprint density at radius 1 is 1.21 bits per heavy atom. The molecule has 0 aliphatic heterocycles. The van der Waals surface area contributed by atoms with Gasteiger partial charge in [0.25, 0.3) is 0 Å². The highest BCUT2D eigenvalue weighted by atomic mass is 16.3. The molecule has 0 radical (unpaired) electrons. The number of aliphatic hydroxyl groups is 1. The van der Waals surface area contributed by atoms with Gasteiger partial charge < -0.3 is 15.4 Å². The summed E-state index contributed by atoms with van der Waals surface area (Å²) in [6.07, 6.45) is 1.48. The normalized spacial score (nSPS) is 12.3. The molecule has 24 heavy (non-hydrogen) atoms. The number of carbonyl (C=O) groups excluding carboxylic acids is 1. The lowest BCUT2D eigenvalue weighted by Crippen LogP contribution is -2.29. The first-order valence-corrected chi connectivity index (χ1v) is 8.11. The van der Waals surface area contributed by atoms with Crippen LogP contribution in [0.1, 0.15) is 28.4 Å². The van der Waals surface area contributed by atoms with Crippen molar-refractivity contribution in [2.75, 3.05) is 6.54 Å². The number of fused-ring (bicyclic) bond motifs is 1. The molecule has 124 valence electrons. The zero-order valence-electron chi connectivity index (χ0n) is 14.0. The van der Waals surface area contributed by atoms with Gasteiger partial charge in [0.05, 0.1) is 12.5 Å². The van der Waals surface area contributed by atoms with E-state index in [1.807, 2.05) is 56.4 Å². The fourth-order valence-electron chi connectivity index (χ4n) is 2.96. The summed E-state index contributed by atoms with van der Waals surface area (Å²) in [4.78, 5) is 15.4. The van der Waals surface area contributed by atoms with Gasteiger partial charge >= 0.3 is 0 Å². The van der Waals surface area contributed by atoms with Crippen molar-refractivity contribution < 1.29 is 9.90 Å². The van der Waals surface area contributed by atoms with Crippen LogP contribution in [-0.4, -0.2) is 22.5 Å². The number of benzene rings is 2. The summed E-state index contributed by atoms with van der Waals surface area (Å²) >= 11 is 0. The largest absolute Gasteiger partial charge is 0.387 e. The Morgan fingerprint density at radius 3 is 2.79 bits per heavy atom. The van der Waals surface area contributed by atoms with Crippen molar-refractivity contribution in [2.45, 2.75) is 26.4 Å². The molecular formula is C20H22N2O2. The quantitative estimate of drug-likeness (QED) is 0.675. The number of nitrogens with one attached hydrogen (secondary N) is 2. The molecule has 3 rings (SSSR count). The van der Waals surface area contributed by atoms with Crippen LogP contribution in [0.3, 0.4) is 0 Å². The molecule has 0 aliphatic carbocycles. The standard InChI is InChI=1S/C20H22N2O2/c1-13-7-8-17-15(11-21-18(17)9-13)10-20(24)22-12-19(23)16-6-4-3-5-14(16)2/h3-9,11,19,21,23H,10,12H2,1-2H3,(H,22,24). The van der Waals surface area contributed by atoms with Crippen LogP contribution >= 0.6 is 0 Å². The summed E-state index contributed by atoms with van der Waals surface area (Å²) in [5.41, 5.74) is 5.05. The lowest BCUT2D eigenvalue weighted by Gasteiger charge is -2.14. The van der Waals surface area contributed by atoms with Crippen molar-refractivity contribution in [3.63, 3.8) is 0 Å². The van der Waals surface area contributed by atoms with Gasteiger partial charge in [-0.05, 0) is 42.2 Å². The second-order valence-electron chi connectivity index (χ2n) is 6.22. The highest BCUT2D eigenvalue weighted by Crippen LogP contribution is 2.20. The second kappa shape index (κ2) is 6.89. The molecule has 0 saturated carbocycles. The van der Waals surface area contributed by atoms with Crippen molar-refractivity contribution in [1.82, 2.24) is 10.3 Å². The van der Waals surface area contributed by atoms with Crippen LogP contribution in [0.4, 0.5) is 0 Å². The first-order chi connectivity index (χ1) is 11.5. The Hall–Kier alpha value is -2.59. The number of aromatic nitrogens is 1. The SMILES string of the molecule is Cc1ccc2c(CC(=O)NCC(O)c3ccccc3C)c[nH]c2c1. The van der Waals surface area contributed by atoms with Gasteiger partial charge in [0.2, 0.25) is 5.91 Å².